The summed E-state index contributed by atoms with van der Waals surface area (Å²) < 4.78 is 0. The summed E-state index contributed by atoms with van der Waals surface area (Å²) in [6, 6.07) is 7.63. The van der Waals surface area contributed by atoms with E-state index in [4.69, 9.17) is 11.6 Å². The highest BCUT2D eigenvalue weighted by Crippen LogP contribution is 2.21. The summed E-state index contributed by atoms with van der Waals surface area (Å²) in [5, 5.41) is 0. The summed E-state index contributed by atoms with van der Waals surface area (Å²) in [6.45, 7) is 3.56. The minimum Gasteiger partial charge on any atom is -0.295 e. The molecule has 80 valence electrons. The van der Waals surface area contributed by atoms with E-state index < -0.39 is 0 Å². The molecule has 0 atom stereocenters. The first kappa shape index (κ1) is 12.3. The normalized spacial score (nSPS) is 11.5. The molecule has 0 fully saturated rings. The second-order valence-electron chi connectivity index (χ2n) is 3.32. The first-order valence-electron chi connectivity index (χ1n) is 4.63. The molecule has 0 bridgehead atoms. The van der Waals surface area contributed by atoms with Gasteiger partial charge in [0.15, 0.2) is 5.78 Å². The van der Waals surface area contributed by atoms with Gasteiger partial charge in [0, 0.05) is 21.7 Å². The summed E-state index contributed by atoms with van der Waals surface area (Å²) in [5.74, 6) is 0.978. The second kappa shape index (κ2) is 5.99. The van der Waals surface area contributed by atoms with Crippen molar-refractivity contribution >= 4 is 29.1 Å². The van der Waals surface area contributed by atoms with Crippen molar-refractivity contribution in [1.29, 1.82) is 0 Å². The molecular weight excluding hydrogens is 228 g/mol. The number of hydrogen-bond acceptors (Lipinski definition) is 2. The number of halogens is 1. The molecule has 0 aliphatic rings. The summed E-state index contributed by atoms with van der Waals surface area (Å²) in [4.78, 5) is 12.2. The van der Waals surface area contributed by atoms with Crippen molar-refractivity contribution in [3.63, 3.8) is 0 Å². The molecule has 0 aliphatic heterocycles. The molecule has 15 heavy (non-hydrogen) atoms. The highest BCUT2D eigenvalue weighted by atomic mass is 35.5. The number of rotatable bonds is 4. The molecule has 0 heterocycles. The van der Waals surface area contributed by atoms with Crippen LogP contribution in [0.15, 0.2) is 40.3 Å². The third kappa shape index (κ3) is 4.10. The average molecular weight is 241 g/mol. The van der Waals surface area contributed by atoms with Crippen LogP contribution in [0.5, 0.6) is 0 Å². The van der Waals surface area contributed by atoms with E-state index in [1.54, 1.807) is 24.2 Å². The molecule has 0 amide bonds. The van der Waals surface area contributed by atoms with Gasteiger partial charge in [0.1, 0.15) is 0 Å². The standard InChI is InChI=1S/C12H13ClOS/c1-9(7-13)8-15-12-5-3-11(4-6-12)10(2)14/h3-7H,8H2,1-2H3/b9-7+. The van der Waals surface area contributed by atoms with Gasteiger partial charge in [-0.1, -0.05) is 29.3 Å². The topological polar surface area (TPSA) is 17.1 Å². The lowest BCUT2D eigenvalue weighted by atomic mass is 10.2. The van der Waals surface area contributed by atoms with Crippen LogP contribution in [0, 0.1) is 0 Å². The number of carbonyl (C=O) groups is 1. The Hall–Kier alpha value is -0.730. The zero-order valence-electron chi connectivity index (χ0n) is 8.79. The maximum atomic E-state index is 11.0. The molecule has 1 rings (SSSR count). The van der Waals surface area contributed by atoms with E-state index in [0.717, 1.165) is 21.8 Å². The van der Waals surface area contributed by atoms with Crippen molar-refractivity contribution in [2.24, 2.45) is 0 Å². The van der Waals surface area contributed by atoms with E-state index in [9.17, 15) is 4.79 Å². The number of ketones is 1. The lowest BCUT2D eigenvalue weighted by Crippen LogP contribution is -1.90. The van der Waals surface area contributed by atoms with Crippen LogP contribution in [0.2, 0.25) is 0 Å². The number of carbonyl (C=O) groups excluding carboxylic acids is 1. The van der Waals surface area contributed by atoms with Crippen LogP contribution in [-0.2, 0) is 0 Å². The largest absolute Gasteiger partial charge is 0.295 e. The van der Waals surface area contributed by atoms with E-state index in [1.807, 2.05) is 31.2 Å². The molecule has 1 aromatic carbocycles. The Labute approximate surface area is 99.5 Å². The predicted molar refractivity (Wildman–Crippen MR) is 66.8 cm³/mol. The number of benzene rings is 1. The lowest BCUT2D eigenvalue weighted by Gasteiger charge is -2.02. The monoisotopic (exact) mass is 240 g/mol. The molecule has 0 aliphatic carbocycles. The second-order valence-corrected chi connectivity index (χ2v) is 4.59. The van der Waals surface area contributed by atoms with Crippen LogP contribution < -0.4 is 0 Å². The fourth-order valence-corrected chi connectivity index (χ4v) is 1.99. The Morgan fingerprint density at radius 2 is 1.93 bits per heavy atom. The fraction of sp³-hybridized carbons (Fsp3) is 0.250. The van der Waals surface area contributed by atoms with Crippen LogP contribution in [0.4, 0.5) is 0 Å². The third-order valence-corrected chi connectivity index (χ3v) is 3.49. The van der Waals surface area contributed by atoms with Gasteiger partial charge >= 0.3 is 0 Å². The third-order valence-electron chi connectivity index (χ3n) is 1.91. The fourth-order valence-electron chi connectivity index (χ4n) is 1.01. The molecule has 3 heteroatoms. The van der Waals surface area contributed by atoms with Gasteiger partial charge in [-0.25, -0.2) is 0 Å². The molecule has 0 aromatic heterocycles. The van der Waals surface area contributed by atoms with Gasteiger partial charge in [0.25, 0.3) is 0 Å². The Kier molecular flexibility index (Phi) is 4.92. The first-order valence-corrected chi connectivity index (χ1v) is 6.05. The van der Waals surface area contributed by atoms with Crippen molar-refractivity contribution in [3.8, 4) is 0 Å². The van der Waals surface area contributed by atoms with Gasteiger partial charge in [-0.2, -0.15) is 0 Å². The average Bonchev–Trinajstić information content (AvgIpc) is 2.26. The molecule has 0 radical (unpaired) electrons. The number of Topliss-reactive ketones (excluding diaryl/α,β-unsaturated/α-hetero) is 1. The molecule has 0 spiro atoms. The molecule has 1 aromatic rings. The van der Waals surface area contributed by atoms with E-state index >= 15 is 0 Å². The van der Waals surface area contributed by atoms with Crippen LogP contribution in [0.1, 0.15) is 24.2 Å². The molecule has 0 unspecified atom stereocenters. The Balaban J connectivity index is 2.61. The van der Waals surface area contributed by atoms with Gasteiger partial charge in [-0.3, -0.25) is 4.79 Å². The van der Waals surface area contributed by atoms with Crippen LogP contribution in [0.3, 0.4) is 0 Å². The lowest BCUT2D eigenvalue weighted by molar-refractivity contribution is 0.101. The van der Waals surface area contributed by atoms with Crippen molar-refractivity contribution in [3.05, 3.63) is 40.9 Å². The van der Waals surface area contributed by atoms with E-state index in [0.29, 0.717) is 0 Å². The van der Waals surface area contributed by atoms with E-state index in [-0.39, 0.29) is 5.78 Å². The minimum absolute atomic E-state index is 0.100. The van der Waals surface area contributed by atoms with Gasteiger partial charge in [0.05, 0.1) is 0 Å². The quantitative estimate of drug-likeness (QED) is 0.582. The summed E-state index contributed by atoms with van der Waals surface area (Å²) >= 11 is 7.27. The van der Waals surface area contributed by atoms with Crippen LogP contribution in [0.25, 0.3) is 0 Å². The van der Waals surface area contributed by atoms with Crippen LogP contribution in [-0.4, -0.2) is 11.5 Å². The van der Waals surface area contributed by atoms with Crippen LogP contribution >= 0.6 is 23.4 Å². The number of thioether (sulfide) groups is 1. The Morgan fingerprint density at radius 3 is 2.40 bits per heavy atom. The minimum atomic E-state index is 0.100. The molecular formula is C12H13ClOS. The SMILES string of the molecule is CC(=O)c1ccc(SC/C(C)=C/Cl)cc1. The predicted octanol–water partition coefficient (Wildman–Crippen LogP) is 4.12. The highest BCUT2D eigenvalue weighted by Gasteiger charge is 1.99. The molecule has 0 saturated carbocycles. The van der Waals surface area contributed by atoms with Gasteiger partial charge in [0.2, 0.25) is 0 Å². The van der Waals surface area contributed by atoms with E-state index in [1.165, 1.54) is 0 Å². The van der Waals surface area contributed by atoms with Crippen molar-refractivity contribution < 1.29 is 4.79 Å². The summed E-state index contributed by atoms with van der Waals surface area (Å²) in [6.07, 6.45) is 0. The van der Waals surface area contributed by atoms with Gasteiger partial charge < -0.3 is 0 Å². The Bertz CT molecular complexity index is 368. The van der Waals surface area contributed by atoms with Gasteiger partial charge in [-0.05, 0) is 26.0 Å². The maximum Gasteiger partial charge on any atom is 0.159 e. The maximum absolute atomic E-state index is 11.0. The smallest absolute Gasteiger partial charge is 0.159 e. The molecule has 1 nitrogen and oxygen atoms in total. The zero-order chi connectivity index (χ0) is 11.3. The highest BCUT2D eigenvalue weighted by molar-refractivity contribution is 7.99. The zero-order valence-corrected chi connectivity index (χ0v) is 10.4. The van der Waals surface area contributed by atoms with E-state index in [2.05, 4.69) is 0 Å². The molecule has 0 N–H and O–H groups in total. The summed E-state index contributed by atoms with van der Waals surface area (Å²) in [7, 11) is 0. The van der Waals surface area contributed by atoms with Gasteiger partial charge in [-0.15, -0.1) is 11.8 Å². The van der Waals surface area contributed by atoms with Crippen molar-refractivity contribution in [2.75, 3.05) is 5.75 Å². The summed E-state index contributed by atoms with van der Waals surface area (Å²) in [5.41, 5.74) is 3.48. The number of hydrogen-bond donors (Lipinski definition) is 0. The van der Waals surface area contributed by atoms with Crippen molar-refractivity contribution in [2.45, 2.75) is 18.7 Å². The molecule has 0 saturated heterocycles. The van der Waals surface area contributed by atoms with Crippen molar-refractivity contribution in [1.82, 2.24) is 0 Å². The Morgan fingerprint density at radius 1 is 1.33 bits per heavy atom. The first-order chi connectivity index (χ1) is 7.13.